The van der Waals surface area contributed by atoms with Crippen LogP contribution in [0.5, 0.6) is 0 Å². The van der Waals surface area contributed by atoms with Crippen LogP contribution in [0.3, 0.4) is 0 Å². The van der Waals surface area contributed by atoms with E-state index >= 15 is 0 Å². The van der Waals surface area contributed by atoms with E-state index in [1.165, 1.54) is 4.90 Å². The fraction of sp³-hybridized carbons (Fsp3) is 1.00. The van der Waals surface area contributed by atoms with Gasteiger partial charge in [0.2, 0.25) is 0 Å². The summed E-state index contributed by atoms with van der Waals surface area (Å²) in [6.07, 6.45) is -2.61. The molecule has 0 amide bonds. The minimum Gasteiger partial charge on any atom is -0.314 e. The molecule has 2 nitrogen and oxygen atoms in total. The van der Waals surface area contributed by atoms with E-state index in [1.54, 1.807) is 0 Å². The first kappa shape index (κ1) is 16.7. The topological polar surface area (TPSA) is 15.3 Å². The third-order valence-electron chi connectivity index (χ3n) is 2.63. The molecule has 0 heterocycles. The van der Waals surface area contributed by atoms with Crippen LogP contribution < -0.4 is 5.32 Å². The Labute approximate surface area is 103 Å². The summed E-state index contributed by atoms with van der Waals surface area (Å²) in [6, 6.07) is 0.340. The molecule has 1 N–H and O–H groups in total. The fourth-order valence-electron chi connectivity index (χ4n) is 1.74. The van der Waals surface area contributed by atoms with Crippen LogP contribution >= 0.6 is 0 Å². The van der Waals surface area contributed by atoms with Crippen LogP contribution in [0.15, 0.2) is 0 Å². The van der Waals surface area contributed by atoms with Crippen molar-refractivity contribution in [3.8, 4) is 0 Å². The van der Waals surface area contributed by atoms with Gasteiger partial charge in [-0.2, -0.15) is 13.2 Å². The monoisotopic (exact) mass is 254 g/mol. The second-order valence-corrected chi connectivity index (χ2v) is 4.83. The van der Waals surface area contributed by atoms with Gasteiger partial charge in [0.1, 0.15) is 0 Å². The molecule has 1 unspecified atom stereocenters. The Morgan fingerprint density at radius 3 is 2.18 bits per heavy atom. The van der Waals surface area contributed by atoms with E-state index < -0.39 is 12.7 Å². The van der Waals surface area contributed by atoms with Crippen LogP contribution in [0.1, 0.15) is 40.5 Å². The predicted molar refractivity (Wildman–Crippen MR) is 65.1 cm³/mol. The molecule has 0 saturated heterocycles. The Morgan fingerprint density at radius 2 is 1.76 bits per heavy atom. The van der Waals surface area contributed by atoms with Crippen LogP contribution in [0.4, 0.5) is 13.2 Å². The summed E-state index contributed by atoms with van der Waals surface area (Å²) in [5.41, 5.74) is 0. The van der Waals surface area contributed by atoms with E-state index in [9.17, 15) is 13.2 Å². The molecular formula is C12H25F3N2. The number of rotatable bonds is 8. The molecule has 0 bridgehead atoms. The van der Waals surface area contributed by atoms with Gasteiger partial charge in [-0.15, -0.1) is 0 Å². The highest BCUT2D eigenvalue weighted by atomic mass is 19.4. The Morgan fingerprint density at radius 1 is 1.18 bits per heavy atom. The summed E-state index contributed by atoms with van der Waals surface area (Å²) in [7, 11) is 0. The molecule has 0 aliphatic carbocycles. The quantitative estimate of drug-likeness (QED) is 0.716. The van der Waals surface area contributed by atoms with Gasteiger partial charge in [0, 0.05) is 12.1 Å². The van der Waals surface area contributed by atoms with Crippen LogP contribution in [-0.2, 0) is 0 Å². The molecule has 0 aliphatic heterocycles. The molecule has 0 radical (unpaired) electrons. The van der Waals surface area contributed by atoms with E-state index in [0.29, 0.717) is 12.6 Å². The smallest absolute Gasteiger partial charge is 0.314 e. The minimum atomic E-state index is -4.10. The van der Waals surface area contributed by atoms with Crippen LogP contribution in [0.25, 0.3) is 0 Å². The van der Waals surface area contributed by atoms with Crippen LogP contribution in [0.2, 0.25) is 0 Å². The highest BCUT2D eigenvalue weighted by Gasteiger charge is 2.32. The molecule has 5 heteroatoms. The Kier molecular flexibility index (Phi) is 7.79. The number of hydrogen-bond donors (Lipinski definition) is 1. The van der Waals surface area contributed by atoms with Crippen molar-refractivity contribution in [2.24, 2.45) is 0 Å². The van der Waals surface area contributed by atoms with Gasteiger partial charge in [-0.3, -0.25) is 4.90 Å². The van der Waals surface area contributed by atoms with Crippen molar-refractivity contribution in [1.82, 2.24) is 10.2 Å². The summed E-state index contributed by atoms with van der Waals surface area (Å²) in [6.45, 7) is 8.29. The van der Waals surface area contributed by atoms with Crippen LogP contribution in [0, 0.1) is 0 Å². The van der Waals surface area contributed by atoms with Gasteiger partial charge in [-0.05, 0) is 32.9 Å². The van der Waals surface area contributed by atoms with Crippen molar-refractivity contribution in [2.75, 3.05) is 19.6 Å². The van der Waals surface area contributed by atoms with E-state index in [0.717, 1.165) is 19.4 Å². The molecule has 0 aromatic carbocycles. The lowest BCUT2D eigenvalue weighted by molar-refractivity contribution is -0.150. The molecule has 0 saturated carbocycles. The minimum absolute atomic E-state index is 0.0391. The lowest BCUT2D eigenvalue weighted by Crippen LogP contribution is -2.42. The first-order chi connectivity index (χ1) is 7.76. The number of nitrogens with one attached hydrogen (secondary N) is 1. The molecule has 0 spiro atoms. The first-order valence-electron chi connectivity index (χ1n) is 6.30. The van der Waals surface area contributed by atoms with E-state index in [2.05, 4.69) is 5.32 Å². The Balaban J connectivity index is 4.10. The highest BCUT2D eigenvalue weighted by Crippen LogP contribution is 2.19. The third-order valence-corrected chi connectivity index (χ3v) is 2.63. The lowest BCUT2D eigenvalue weighted by atomic mass is 10.2. The van der Waals surface area contributed by atoms with Gasteiger partial charge >= 0.3 is 6.18 Å². The molecule has 1 atom stereocenters. The van der Waals surface area contributed by atoms with E-state index in [-0.39, 0.29) is 6.04 Å². The third kappa shape index (κ3) is 9.41. The number of halogens is 3. The summed E-state index contributed by atoms with van der Waals surface area (Å²) < 4.78 is 37.1. The second kappa shape index (κ2) is 7.93. The number of alkyl halides is 3. The second-order valence-electron chi connectivity index (χ2n) is 4.83. The molecule has 0 aliphatic rings. The average Bonchev–Trinajstić information content (AvgIpc) is 2.14. The van der Waals surface area contributed by atoms with Crippen molar-refractivity contribution in [1.29, 1.82) is 0 Å². The van der Waals surface area contributed by atoms with Gasteiger partial charge < -0.3 is 5.32 Å². The predicted octanol–water partition coefficient (Wildman–Crippen LogP) is 3.04. The highest BCUT2D eigenvalue weighted by molar-refractivity contribution is 4.71. The molecular weight excluding hydrogens is 229 g/mol. The van der Waals surface area contributed by atoms with Crippen molar-refractivity contribution >= 4 is 0 Å². The molecule has 17 heavy (non-hydrogen) atoms. The maximum Gasteiger partial charge on any atom is 0.401 e. The van der Waals surface area contributed by atoms with Gasteiger partial charge in [-0.25, -0.2) is 0 Å². The van der Waals surface area contributed by atoms with E-state index in [1.807, 2.05) is 27.7 Å². The maximum absolute atomic E-state index is 12.4. The summed E-state index contributed by atoms with van der Waals surface area (Å²) in [5.74, 6) is 0. The average molecular weight is 254 g/mol. The van der Waals surface area contributed by atoms with E-state index in [4.69, 9.17) is 0 Å². The first-order valence-corrected chi connectivity index (χ1v) is 6.30. The van der Waals surface area contributed by atoms with Gasteiger partial charge in [0.05, 0.1) is 6.54 Å². The zero-order chi connectivity index (χ0) is 13.5. The number of hydrogen-bond acceptors (Lipinski definition) is 2. The molecule has 0 aromatic rings. The molecule has 0 aromatic heterocycles. The summed E-state index contributed by atoms with van der Waals surface area (Å²) >= 11 is 0. The molecule has 104 valence electrons. The van der Waals surface area contributed by atoms with Crippen LogP contribution in [-0.4, -0.2) is 42.8 Å². The Bertz CT molecular complexity index is 193. The zero-order valence-electron chi connectivity index (χ0n) is 11.3. The zero-order valence-corrected chi connectivity index (χ0v) is 11.3. The van der Waals surface area contributed by atoms with Crippen molar-refractivity contribution < 1.29 is 13.2 Å². The maximum atomic E-state index is 12.4. The molecule has 0 rings (SSSR count). The Hall–Kier alpha value is -0.290. The lowest BCUT2D eigenvalue weighted by Gasteiger charge is -2.29. The van der Waals surface area contributed by atoms with Gasteiger partial charge in [0.25, 0.3) is 0 Å². The van der Waals surface area contributed by atoms with Crippen molar-refractivity contribution in [3.05, 3.63) is 0 Å². The summed E-state index contributed by atoms with van der Waals surface area (Å²) in [4.78, 5) is 1.52. The van der Waals surface area contributed by atoms with Gasteiger partial charge in [-0.1, -0.05) is 20.8 Å². The fourth-order valence-corrected chi connectivity index (χ4v) is 1.74. The largest absolute Gasteiger partial charge is 0.401 e. The standard InChI is InChI=1S/C12H25F3N2/c1-5-8-17(9-12(13,14)15)11(4)6-7-16-10(2)3/h10-11,16H,5-9H2,1-4H3. The van der Waals surface area contributed by atoms with Gasteiger partial charge in [0.15, 0.2) is 0 Å². The number of nitrogens with zero attached hydrogens (tertiary/aromatic N) is 1. The normalized spacial score (nSPS) is 14.6. The van der Waals surface area contributed by atoms with Crippen molar-refractivity contribution in [2.45, 2.75) is 58.8 Å². The SMILES string of the molecule is CCCN(CC(F)(F)F)C(C)CCNC(C)C. The van der Waals surface area contributed by atoms with Crippen molar-refractivity contribution in [3.63, 3.8) is 0 Å². The molecule has 0 fully saturated rings. The summed E-state index contributed by atoms with van der Waals surface area (Å²) in [5, 5.41) is 3.23.